The summed E-state index contributed by atoms with van der Waals surface area (Å²) in [6.07, 6.45) is 0.719. The van der Waals surface area contributed by atoms with Crippen LogP contribution in [0.5, 0.6) is 0 Å². The van der Waals surface area contributed by atoms with E-state index in [9.17, 15) is 4.79 Å². The lowest BCUT2D eigenvalue weighted by atomic mass is 9.95. The van der Waals surface area contributed by atoms with Crippen LogP contribution in [-0.4, -0.2) is 12.7 Å². The molecule has 1 aromatic rings. The molecule has 0 saturated carbocycles. The fourth-order valence-corrected chi connectivity index (χ4v) is 1.45. The van der Waals surface area contributed by atoms with Gasteiger partial charge in [0.1, 0.15) is 0 Å². The number of carbonyl (C=O) groups excluding carboxylic acids is 1. The first-order valence-corrected chi connectivity index (χ1v) is 6.12. The molecule has 1 amide bonds. The molecule has 2 atom stereocenters. The first-order chi connectivity index (χ1) is 8.13. The molecule has 3 heteroatoms. The number of hydrogen-bond donors (Lipinski definition) is 1. The van der Waals surface area contributed by atoms with E-state index in [-0.39, 0.29) is 7.52 Å². The second-order valence-electron chi connectivity index (χ2n) is 4.45. The molecule has 0 saturated heterocycles. The maximum atomic E-state index is 11.5. The van der Waals surface area contributed by atoms with Gasteiger partial charge in [-0.15, -0.1) is 0 Å². The smallest absolute Gasteiger partial charge is 0.411 e. The van der Waals surface area contributed by atoms with Crippen LogP contribution in [0, 0.1) is 11.8 Å². The van der Waals surface area contributed by atoms with Crippen LogP contribution < -0.4 is 5.32 Å². The monoisotopic (exact) mass is 237 g/mol. The molecule has 0 aromatic heterocycles. The van der Waals surface area contributed by atoms with Crippen LogP contribution in [0.15, 0.2) is 30.3 Å². The Morgan fingerprint density at radius 3 is 2.53 bits per heavy atom. The molecule has 0 radical (unpaired) electrons. The van der Waals surface area contributed by atoms with Gasteiger partial charge in [-0.05, 0) is 24.0 Å². The Balaban J connectivity index is 0.00000289. The highest BCUT2D eigenvalue weighted by atomic mass is 16.5. The third-order valence-corrected chi connectivity index (χ3v) is 3.11. The summed E-state index contributed by atoms with van der Waals surface area (Å²) in [4.78, 5) is 11.5. The van der Waals surface area contributed by atoms with E-state index in [0.717, 1.165) is 12.1 Å². The summed E-state index contributed by atoms with van der Waals surface area (Å²) < 4.78 is 5.18. The first-order valence-electron chi connectivity index (χ1n) is 6.12. The Labute approximate surface area is 105 Å². The Kier molecular flexibility index (Phi) is 5.53. The van der Waals surface area contributed by atoms with E-state index < -0.39 is 0 Å². The van der Waals surface area contributed by atoms with E-state index >= 15 is 0 Å². The van der Waals surface area contributed by atoms with Gasteiger partial charge in [0.2, 0.25) is 0 Å². The zero-order valence-electron chi connectivity index (χ0n) is 10.8. The summed E-state index contributed by atoms with van der Waals surface area (Å²) in [7, 11) is 0. The molecular weight excluding hydrogens is 214 g/mol. The SMILES string of the molecule is CCC(C)C(C)COC(=O)Nc1ccccc1.[HH]. The maximum absolute atomic E-state index is 11.5. The molecule has 2 unspecified atom stereocenters. The van der Waals surface area contributed by atoms with Gasteiger partial charge in [0.15, 0.2) is 0 Å². The molecule has 1 rings (SSSR count). The predicted octanol–water partition coefficient (Wildman–Crippen LogP) is 4.16. The average Bonchev–Trinajstić information content (AvgIpc) is 2.36. The summed E-state index contributed by atoms with van der Waals surface area (Å²) in [5, 5.41) is 2.69. The number of anilines is 1. The largest absolute Gasteiger partial charge is 0.449 e. The molecular formula is C14H23NO2. The third kappa shape index (κ3) is 4.89. The van der Waals surface area contributed by atoms with Crippen LogP contribution >= 0.6 is 0 Å². The standard InChI is InChI=1S/C14H21NO2.H2/c1-4-11(2)12(3)10-17-14(16)15-13-8-6-5-7-9-13;/h5-9,11-12H,4,10H2,1-3H3,(H,15,16);1H. The van der Waals surface area contributed by atoms with Crippen LogP contribution in [-0.2, 0) is 4.74 Å². The van der Waals surface area contributed by atoms with Gasteiger partial charge in [-0.1, -0.05) is 45.4 Å². The van der Waals surface area contributed by atoms with Gasteiger partial charge in [-0.2, -0.15) is 0 Å². The van der Waals surface area contributed by atoms with Gasteiger partial charge in [0.05, 0.1) is 6.61 Å². The second-order valence-corrected chi connectivity index (χ2v) is 4.45. The summed E-state index contributed by atoms with van der Waals surface area (Å²) >= 11 is 0. The van der Waals surface area contributed by atoms with E-state index in [0.29, 0.717) is 18.4 Å². The fourth-order valence-electron chi connectivity index (χ4n) is 1.45. The van der Waals surface area contributed by atoms with Gasteiger partial charge >= 0.3 is 6.09 Å². The Bertz CT molecular complexity index is 343. The number of ether oxygens (including phenoxy) is 1. The molecule has 0 heterocycles. The number of nitrogens with one attached hydrogen (secondary N) is 1. The van der Waals surface area contributed by atoms with Crippen molar-refractivity contribution in [3.05, 3.63) is 30.3 Å². The minimum atomic E-state index is -0.383. The summed E-state index contributed by atoms with van der Waals surface area (Å²) in [6, 6.07) is 9.31. The molecule has 3 nitrogen and oxygen atoms in total. The molecule has 1 N–H and O–H groups in total. The second kappa shape index (κ2) is 6.94. The number of hydrogen-bond acceptors (Lipinski definition) is 2. The Morgan fingerprint density at radius 1 is 1.29 bits per heavy atom. The normalized spacial score (nSPS) is 13.8. The number of rotatable bonds is 5. The van der Waals surface area contributed by atoms with Crippen LogP contribution in [0.3, 0.4) is 0 Å². The van der Waals surface area contributed by atoms with Crippen molar-refractivity contribution >= 4 is 11.8 Å². The summed E-state index contributed by atoms with van der Waals surface area (Å²) in [5.41, 5.74) is 0.758. The molecule has 0 fully saturated rings. The van der Waals surface area contributed by atoms with E-state index in [1.54, 1.807) is 0 Å². The van der Waals surface area contributed by atoms with Crippen LogP contribution in [0.4, 0.5) is 10.5 Å². The van der Waals surface area contributed by atoms with E-state index in [1.165, 1.54) is 0 Å². The van der Waals surface area contributed by atoms with Crippen LogP contribution in [0.25, 0.3) is 0 Å². The average molecular weight is 237 g/mol. The predicted molar refractivity (Wildman–Crippen MR) is 72.1 cm³/mol. The van der Waals surface area contributed by atoms with E-state index in [4.69, 9.17) is 4.74 Å². The molecule has 17 heavy (non-hydrogen) atoms. The quantitative estimate of drug-likeness (QED) is 0.835. The van der Waals surface area contributed by atoms with Crippen molar-refractivity contribution in [3.63, 3.8) is 0 Å². The number of benzene rings is 1. The summed E-state index contributed by atoms with van der Waals surface area (Å²) in [5.74, 6) is 0.959. The lowest BCUT2D eigenvalue weighted by Crippen LogP contribution is -2.20. The maximum Gasteiger partial charge on any atom is 0.411 e. The van der Waals surface area contributed by atoms with Crippen molar-refractivity contribution in [2.24, 2.45) is 11.8 Å². The van der Waals surface area contributed by atoms with Crippen molar-refractivity contribution in [2.75, 3.05) is 11.9 Å². The number of carbonyl (C=O) groups is 1. The Morgan fingerprint density at radius 2 is 1.94 bits per heavy atom. The van der Waals surface area contributed by atoms with Crippen LogP contribution in [0.2, 0.25) is 0 Å². The van der Waals surface area contributed by atoms with Crippen molar-refractivity contribution in [2.45, 2.75) is 27.2 Å². The zero-order valence-corrected chi connectivity index (χ0v) is 10.8. The zero-order chi connectivity index (χ0) is 12.7. The van der Waals surface area contributed by atoms with Gasteiger partial charge < -0.3 is 4.74 Å². The molecule has 1 aromatic carbocycles. The minimum absolute atomic E-state index is 0. The number of para-hydroxylation sites is 1. The fraction of sp³-hybridized carbons (Fsp3) is 0.500. The highest BCUT2D eigenvalue weighted by molar-refractivity contribution is 5.84. The van der Waals surface area contributed by atoms with Crippen molar-refractivity contribution < 1.29 is 11.0 Å². The van der Waals surface area contributed by atoms with Gasteiger partial charge in [-0.3, -0.25) is 5.32 Å². The molecule has 96 valence electrons. The van der Waals surface area contributed by atoms with Crippen molar-refractivity contribution in [1.82, 2.24) is 0 Å². The van der Waals surface area contributed by atoms with Gasteiger partial charge in [0.25, 0.3) is 0 Å². The Hall–Kier alpha value is -1.51. The highest BCUT2D eigenvalue weighted by Gasteiger charge is 2.12. The lowest BCUT2D eigenvalue weighted by Gasteiger charge is -2.18. The molecule has 0 spiro atoms. The topological polar surface area (TPSA) is 38.3 Å². The van der Waals surface area contributed by atoms with Crippen molar-refractivity contribution in [1.29, 1.82) is 0 Å². The first kappa shape index (κ1) is 13.6. The molecule has 0 aliphatic rings. The molecule has 0 bridgehead atoms. The molecule has 0 aliphatic carbocycles. The van der Waals surface area contributed by atoms with Crippen LogP contribution in [0.1, 0.15) is 28.6 Å². The summed E-state index contributed by atoms with van der Waals surface area (Å²) in [6.45, 7) is 6.88. The molecule has 0 aliphatic heterocycles. The lowest BCUT2D eigenvalue weighted by molar-refractivity contribution is 0.129. The van der Waals surface area contributed by atoms with Crippen molar-refractivity contribution in [3.8, 4) is 0 Å². The van der Waals surface area contributed by atoms with E-state index in [2.05, 4.69) is 26.1 Å². The van der Waals surface area contributed by atoms with Gasteiger partial charge in [-0.25, -0.2) is 4.79 Å². The van der Waals surface area contributed by atoms with Gasteiger partial charge in [0, 0.05) is 7.11 Å². The third-order valence-electron chi connectivity index (χ3n) is 3.11. The highest BCUT2D eigenvalue weighted by Crippen LogP contribution is 2.15. The minimum Gasteiger partial charge on any atom is -0.449 e. The number of amides is 1. The van der Waals surface area contributed by atoms with E-state index in [1.807, 2.05) is 30.3 Å².